The third kappa shape index (κ3) is 2.76. The summed E-state index contributed by atoms with van der Waals surface area (Å²) in [5.41, 5.74) is 2.86. The van der Waals surface area contributed by atoms with Crippen LogP contribution in [0, 0.1) is 12.3 Å². The van der Waals surface area contributed by atoms with Crippen LogP contribution in [0.3, 0.4) is 0 Å². The first-order valence-corrected chi connectivity index (χ1v) is 6.96. The van der Waals surface area contributed by atoms with Crippen LogP contribution in [0.25, 0.3) is 0 Å². The molecule has 1 heterocycles. The lowest BCUT2D eigenvalue weighted by Crippen LogP contribution is -2.44. The Hall–Kier alpha value is -0.860. The normalized spacial score (nSPS) is 27.1. The molecule has 0 aromatic heterocycles. The minimum Gasteiger partial charge on any atom is -0.396 e. The highest BCUT2D eigenvalue weighted by atomic mass is 16.3. The fourth-order valence-corrected chi connectivity index (χ4v) is 3.07. The van der Waals surface area contributed by atoms with Gasteiger partial charge in [-0.1, -0.05) is 31.2 Å². The van der Waals surface area contributed by atoms with Crippen molar-refractivity contribution < 1.29 is 5.11 Å². The van der Waals surface area contributed by atoms with Crippen molar-refractivity contribution >= 4 is 0 Å². The molecule has 1 aromatic rings. The van der Waals surface area contributed by atoms with Gasteiger partial charge in [0.1, 0.15) is 0 Å². The molecule has 2 nitrogen and oxygen atoms in total. The smallest absolute Gasteiger partial charge is 0.0497 e. The maximum atomic E-state index is 9.55. The molecule has 18 heavy (non-hydrogen) atoms. The van der Waals surface area contributed by atoms with Gasteiger partial charge in [0.15, 0.2) is 0 Å². The second kappa shape index (κ2) is 5.41. The number of likely N-dealkylation sites (tertiary alicyclic amines) is 1. The highest BCUT2D eigenvalue weighted by molar-refractivity contribution is 5.28. The Morgan fingerprint density at radius 3 is 2.78 bits per heavy atom. The topological polar surface area (TPSA) is 23.5 Å². The zero-order valence-electron chi connectivity index (χ0n) is 11.8. The first kappa shape index (κ1) is 13.6. The molecule has 0 bridgehead atoms. The maximum absolute atomic E-state index is 9.55. The number of aliphatic hydroxyl groups excluding tert-OH is 1. The molecule has 2 rings (SSSR count). The predicted octanol–water partition coefficient (Wildman–Crippen LogP) is 3.15. The van der Waals surface area contributed by atoms with Gasteiger partial charge in [0.05, 0.1) is 0 Å². The van der Waals surface area contributed by atoms with Crippen molar-refractivity contribution in [1.29, 1.82) is 0 Å². The van der Waals surface area contributed by atoms with E-state index in [-0.39, 0.29) is 5.41 Å². The first-order chi connectivity index (χ1) is 8.56. The minimum absolute atomic E-state index is 0.0786. The lowest BCUT2D eigenvalue weighted by atomic mass is 9.82. The quantitative estimate of drug-likeness (QED) is 0.887. The molecule has 0 spiro atoms. The van der Waals surface area contributed by atoms with Crippen molar-refractivity contribution in [3.63, 3.8) is 0 Å². The third-order valence-corrected chi connectivity index (χ3v) is 4.38. The van der Waals surface area contributed by atoms with Crippen LogP contribution < -0.4 is 0 Å². The Morgan fingerprint density at radius 2 is 2.11 bits per heavy atom. The maximum Gasteiger partial charge on any atom is 0.0497 e. The van der Waals surface area contributed by atoms with E-state index in [4.69, 9.17) is 0 Å². The molecule has 2 unspecified atom stereocenters. The minimum atomic E-state index is 0.0786. The summed E-state index contributed by atoms with van der Waals surface area (Å²) in [6.07, 6.45) is 2.33. The lowest BCUT2D eigenvalue weighted by Gasteiger charge is -2.42. The van der Waals surface area contributed by atoms with Crippen molar-refractivity contribution in [3.05, 3.63) is 35.4 Å². The first-order valence-electron chi connectivity index (χ1n) is 6.96. The number of hydrogen-bond donors (Lipinski definition) is 1. The molecule has 1 aromatic carbocycles. The van der Waals surface area contributed by atoms with E-state index in [2.05, 4.69) is 49.9 Å². The van der Waals surface area contributed by atoms with E-state index in [0.29, 0.717) is 12.6 Å². The average molecular weight is 247 g/mol. The van der Waals surface area contributed by atoms with Crippen LogP contribution in [0.4, 0.5) is 0 Å². The van der Waals surface area contributed by atoms with Gasteiger partial charge in [-0.2, -0.15) is 0 Å². The Balaban J connectivity index is 2.14. The number of hydrogen-bond acceptors (Lipinski definition) is 2. The Bertz CT molecular complexity index is 404. The van der Waals surface area contributed by atoms with E-state index in [0.717, 1.165) is 19.5 Å². The number of rotatable bonds is 3. The average Bonchev–Trinajstić information content (AvgIpc) is 2.39. The summed E-state index contributed by atoms with van der Waals surface area (Å²) in [6.45, 7) is 9.10. The molecule has 100 valence electrons. The van der Waals surface area contributed by atoms with Gasteiger partial charge in [-0.25, -0.2) is 0 Å². The molecule has 1 saturated heterocycles. The molecule has 0 saturated carbocycles. The van der Waals surface area contributed by atoms with Gasteiger partial charge in [-0.15, -0.1) is 0 Å². The number of aliphatic hydroxyl groups is 1. The second-order valence-electron chi connectivity index (χ2n) is 6.08. The Labute approximate surface area is 111 Å². The second-order valence-corrected chi connectivity index (χ2v) is 6.08. The summed E-state index contributed by atoms with van der Waals surface area (Å²) >= 11 is 0. The predicted molar refractivity (Wildman–Crippen MR) is 75.6 cm³/mol. The van der Waals surface area contributed by atoms with Gasteiger partial charge in [0.25, 0.3) is 0 Å². The van der Waals surface area contributed by atoms with Crippen LogP contribution in [0.1, 0.15) is 43.9 Å². The van der Waals surface area contributed by atoms with Crippen molar-refractivity contribution in [2.75, 3.05) is 19.7 Å². The highest BCUT2D eigenvalue weighted by Gasteiger charge is 2.32. The van der Waals surface area contributed by atoms with Crippen molar-refractivity contribution in [3.8, 4) is 0 Å². The fraction of sp³-hybridized carbons (Fsp3) is 0.625. The van der Waals surface area contributed by atoms with Crippen LogP contribution >= 0.6 is 0 Å². The number of nitrogens with zero attached hydrogens (tertiary/aromatic N) is 1. The van der Waals surface area contributed by atoms with Gasteiger partial charge in [-0.05, 0) is 44.4 Å². The van der Waals surface area contributed by atoms with Gasteiger partial charge >= 0.3 is 0 Å². The van der Waals surface area contributed by atoms with E-state index in [1.165, 1.54) is 17.5 Å². The molecule has 0 radical (unpaired) electrons. The fourth-order valence-electron chi connectivity index (χ4n) is 3.07. The molecule has 2 atom stereocenters. The summed E-state index contributed by atoms with van der Waals surface area (Å²) in [7, 11) is 0. The Kier molecular flexibility index (Phi) is 4.08. The summed E-state index contributed by atoms with van der Waals surface area (Å²) in [4.78, 5) is 2.52. The van der Waals surface area contributed by atoms with Crippen LogP contribution in [0.2, 0.25) is 0 Å². The summed E-state index contributed by atoms with van der Waals surface area (Å²) in [5, 5.41) is 9.55. The summed E-state index contributed by atoms with van der Waals surface area (Å²) in [5.74, 6) is 0. The van der Waals surface area contributed by atoms with Crippen LogP contribution in [0.5, 0.6) is 0 Å². The van der Waals surface area contributed by atoms with E-state index >= 15 is 0 Å². The molecular formula is C16H25NO. The number of aryl methyl sites for hydroxylation is 1. The van der Waals surface area contributed by atoms with Crippen molar-refractivity contribution in [1.82, 2.24) is 4.90 Å². The molecular weight excluding hydrogens is 222 g/mol. The largest absolute Gasteiger partial charge is 0.396 e. The SMILES string of the molecule is Cc1ccccc1C(C)N1CCCC(C)(CO)C1. The zero-order chi connectivity index (χ0) is 13.2. The zero-order valence-corrected chi connectivity index (χ0v) is 11.8. The van der Waals surface area contributed by atoms with E-state index in [9.17, 15) is 5.11 Å². The molecule has 0 amide bonds. The van der Waals surface area contributed by atoms with E-state index < -0.39 is 0 Å². The highest BCUT2D eigenvalue weighted by Crippen LogP contribution is 2.34. The van der Waals surface area contributed by atoms with Gasteiger partial charge < -0.3 is 5.11 Å². The van der Waals surface area contributed by atoms with Crippen LogP contribution in [-0.4, -0.2) is 29.7 Å². The molecule has 0 aliphatic carbocycles. The Morgan fingerprint density at radius 1 is 1.39 bits per heavy atom. The van der Waals surface area contributed by atoms with Crippen molar-refractivity contribution in [2.24, 2.45) is 5.41 Å². The van der Waals surface area contributed by atoms with Crippen LogP contribution in [-0.2, 0) is 0 Å². The standard InChI is InChI=1S/C16H25NO/c1-13-7-4-5-8-15(13)14(2)17-10-6-9-16(3,11-17)12-18/h4-5,7-8,14,18H,6,9-12H2,1-3H3. The van der Waals surface area contributed by atoms with Gasteiger partial charge in [0, 0.05) is 24.6 Å². The van der Waals surface area contributed by atoms with Gasteiger partial charge in [0.2, 0.25) is 0 Å². The molecule has 1 N–H and O–H groups in total. The monoisotopic (exact) mass is 247 g/mol. The third-order valence-electron chi connectivity index (χ3n) is 4.38. The summed E-state index contributed by atoms with van der Waals surface area (Å²) in [6, 6.07) is 9.07. The molecule has 2 heteroatoms. The van der Waals surface area contributed by atoms with Crippen molar-refractivity contribution in [2.45, 2.75) is 39.7 Å². The molecule has 1 aliphatic heterocycles. The van der Waals surface area contributed by atoms with Crippen LogP contribution in [0.15, 0.2) is 24.3 Å². The van der Waals surface area contributed by atoms with E-state index in [1.807, 2.05) is 0 Å². The number of piperidine rings is 1. The summed E-state index contributed by atoms with van der Waals surface area (Å²) < 4.78 is 0. The number of benzene rings is 1. The van der Waals surface area contributed by atoms with E-state index in [1.54, 1.807) is 0 Å². The molecule has 1 fully saturated rings. The lowest BCUT2D eigenvalue weighted by molar-refractivity contribution is 0.0279. The molecule has 1 aliphatic rings. The van der Waals surface area contributed by atoms with Gasteiger partial charge in [-0.3, -0.25) is 4.90 Å².